The highest BCUT2D eigenvalue weighted by Gasteiger charge is 2.32. The lowest BCUT2D eigenvalue weighted by Gasteiger charge is -2.23. The lowest BCUT2D eigenvalue weighted by Crippen LogP contribution is -2.37. The number of hydrogen-bond acceptors (Lipinski definition) is 4. The highest BCUT2D eigenvalue weighted by molar-refractivity contribution is 5.81. The van der Waals surface area contributed by atoms with Crippen LogP contribution in [0.5, 0.6) is 0 Å². The molecule has 0 spiro atoms. The van der Waals surface area contributed by atoms with Crippen LogP contribution in [0.15, 0.2) is 59.5 Å². The number of likely N-dealkylation sites (tertiary alicyclic amines) is 1. The molecule has 2 aromatic carbocycles. The number of benzene rings is 2. The Morgan fingerprint density at radius 1 is 1.14 bits per heavy atom. The number of para-hydroxylation sites is 2. The third-order valence-corrected chi connectivity index (χ3v) is 5.34. The van der Waals surface area contributed by atoms with E-state index in [1.54, 1.807) is 17.2 Å². The fraction of sp³-hybridized carbons (Fsp3) is 0.238. The van der Waals surface area contributed by atoms with Gasteiger partial charge in [-0.3, -0.25) is 9.59 Å². The third kappa shape index (κ3) is 2.76. The van der Waals surface area contributed by atoms with Crippen molar-refractivity contribution in [2.24, 2.45) is 0 Å². The maximum absolute atomic E-state index is 13.0. The number of fused-ring (bicyclic) bond motifs is 2. The third-order valence-electron chi connectivity index (χ3n) is 5.34. The van der Waals surface area contributed by atoms with Crippen molar-refractivity contribution in [3.8, 4) is 0 Å². The minimum atomic E-state index is -0.245. The molecular formula is C21H19N5O2. The molecule has 0 radical (unpaired) electrons. The van der Waals surface area contributed by atoms with Gasteiger partial charge in [-0.15, -0.1) is 0 Å². The summed E-state index contributed by atoms with van der Waals surface area (Å²) in [6, 6.07) is 15.0. The summed E-state index contributed by atoms with van der Waals surface area (Å²) in [4.78, 5) is 35.4. The number of carbonyl (C=O) groups is 1. The van der Waals surface area contributed by atoms with Gasteiger partial charge in [0.1, 0.15) is 12.4 Å². The number of nitrogens with zero attached hydrogens (tertiary/aromatic N) is 4. The zero-order chi connectivity index (χ0) is 19.1. The predicted molar refractivity (Wildman–Crippen MR) is 106 cm³/mol. The van der Waals surface area contributed by atoms with E-state index in [1.165, 1.54) is 4.68 Å². The van der Waals surface area contributed by atoms with Gasteiger partial charge in [-0.05, 0) is 31.0 Å². The first-order valence-electron chi connectivity index (χ1n) is 9.40. The standard InChI is InChI=1S/C21H19N5O2/c27-19(13-26-21(28)15-7-2-1-6-14(15)12-22-26)25-11-5-10-18(25)20-23-16-8-3-4-9-17(16)24-20/h1-4,6-9,12,18H,5,10-11,13H2,(H,23,24)/t18-/m0/s1. The van der Waals surface area contributed by atoms with E-state index in [1.807, 2.05) is 42.5 Å². The second-order valence-corrected chi connectivity index (χ2v) is 7.08. The first-order chi connectivity index (χ1) is 13.7. The molecule has 7 nitrogen and oxygen atoms in total. The molecule has 1 amide bonds. The number of imidazole rings is 1. The first-order valence-corrected chi connectivity index (χ1v) is 9.40. The molecule has 140 valence electrons. The largest absolute Gasteiger partial charge is 0.340 e. The molecule has 3 heterocycles. The lowest BCUT2D eigenvalue weighted by atomic mass is 10.2. The molecule has 4 aromatic rings. The molecule has 28 heavy (non-hydrogen) atoms. The van der Waals surface area contributed by atoms with Gasteiger partial charge in [-0.25, -0.2) is 9.67 Å². The van der Waals surface area contributed by atoms with Crippen LogP contribution in [0.2, 0.25) is 0 Å². The molecule has 1 N–H and O–H groups in total. The normalized spacial score (nSPS) is 16.9. The van der Waals surface area contributed by atoms with Crippen LogP contribution in [0.25, 0.3) is 21.8 Å². The van der Waals surface area contributed by atoms with Crippen LogP contribution >= 0.6 is 0 Å². The number of H-pyrrole nitrogens is 1. The summed E-state index contributed by atoms with van der Waals surface area (Å²) in [6.07, 6.45) is 3.39. The molecule has 2 aromatic heterocycles. The Balaban J connectivity index is 1.43. The average Bonchev–Trinajstić information content (AvgIpc) is 3.37. The van der Waals surface area contributed by atoms with Gasteiger partial charge in [-0.2, -0.15) is 5.10 Å². The molecule has 1 aliphatic heterocycles. The minimum absolute atomic E-state index is 0.0691. The van der Waals surface area contributed by atoms with Crippen LogP contribution in [-0.2, 0) is 11.3 Å². The topological polar surface area (TPSA) is 83.9 Å². The molecule has 1 aliphatic rings. The van der Waals surface area contributed by atoms with Crippen LogP contribution in [0.3, 0.4) is 0 Å². The van der Waals surface area contributed by atoms with Gasteiger partial charge in [0, 0.05) is 11.9 Å². The Bertz CT molecular complexity index is 1210. The SMILES string of the molecule is O=C(Cn1ncc2ccccc2c1=O)N1CCC[C@H]1c1nc2ccccc2[nH]1. The highest BCUT2D eigenvalue weighted by Crippen LogP contribution is 2.31. The predicted octanol–water partition coefficient (Wildman–Crippen LogP) is 2.64. The van der Waals surface area contributed by atoms with Gasteiger partial charge < -0.3 is 9.88 Å². The zero-order valence-electron chi connectivity index (χ0n) is 15.2. The number of hydrogen-bond donors (Lipinski definition) is 1. The van der Waals surface area contributed by atoms with Crippen molar-refractivity contribution in [1.82, 2.24) is 24.6 Å². The fourth-order valence-corrected chi connectivity index (χ4v) is 3.94. The summed E-state index contributed by atoms with van der Waals surface area (Å²) in [5, 5.41) is 5.53. The summed E-state index contributed by atoms with van der Waals surface area (Å²) < 4.78 is 1.25. The summed E-state index contributed by atoms with van der Waals surface area (Å²) >= 11 is 0. The maximum Gasteiger partial charge on any atom is 0.275 e. The highest BCUT2D eigenvalue weighted by atomic mass is 16.2. The van der Waals surface area contributed by atoms with E-state index < -0.39 is 0 Å². The molecule has 1 saturated heterocycles. The average molecular weight is 373 g/mol. The van der Waals surface area contributed by atoms with Crippen LogP contribution in [0.4, 0.5) is 0 Å². The first kappa shape index (κ1) is 16.7. The van der Waals surface area contributed by atoms with E-state index in [-0.39, 0.29) is 24.1 Å². The van der Waals surface area contributed by atoms with Crippen molar-refractivity contribution in [3.05, 3.63) is 70.9 Å². The van der Waals surface area contributed by atoms with Gasteiger partial charge in [0.2, 0.25) is 5.91 Å². The van der Waals surface area contributed by atoms with Crippen molar-refractivity contribution in [2.75, 3.05) is 6.54 Å². The zero-order valence-corrected chi connectivity index (χ0v) is 15.2. The summed E-state index contributed by atoms with van der Waals surface area (Å²) in [7, 11) is 0. The van der Waals surface area contributed by atoms with Gasteiger partial charge >= 0.3 is 0 Å². The summed E-state index contributed by atoms with van der Waals surface area (Å²) in [6.45, 7) is 0.587. The molecule has 0 aliphatic carbocycles. The van der Waals surface area contributed by atoms with Gasteiger partial charge in [0.15, 0.2) is 0 Å². The van der Waals surface area contributed by atoms with E-state index in [2.05, 4.69) is 15.1 Å². The molecule has 0 saturated carbocycles. The van der Waals surface area contributed by atoms with Gasteiger partial charge in [0.05, 0.1) is 28.7 Å². The quantitative estimate of drug-likeness (QED) is 0.598. The smallest absolute Gasteiger partial charge is 0.275 e. The molecule has 5 rings (SSSR count). The molecule has 0 unspecified atom stereocenters. The molecular weight excluding hydrogens is 354 g/mol. The van der Waals surface area contributed by atoms with E-state index in [4.69, 9.17) is 0 Å². The minimum Gasteiger partial charge on any atom is -0.340 e. The lowest BCUT2D eigenvalue weighted by molar-refractivity contribution is -0.133. The van der Waals surface area contributed by atoms with Crippen LogP contribution in [0.1, 0.15) is 24.7 Å². The van der Waals surface area contributed by atoms with Gasteiger partial charge in [-0.1, -0.05) is 30.3 Å². The number of carbonyl (C=O) groups excluding carboxylic acids is 1. The van der Waals surface area contributed by atoms with Crippen molar-refractivity contribution in [1.29, 1.82) is 0 Å². The monoisotopic (exact) mass is 373 g/mol. The van der Waals surface area contributed by atoms with Crippen molar-refractivity contribution < 1.29 is 4.79 Å². The Hall–Kier alpha value is -3.48. The Labute approximate surface area is 160 Å². The van der Waals surface area contributed by atoms with Crippen molar-refractivity contribution in [3.63, 3.8) is 0 Å². The Morgan fingerprint density at radius 3 is 2.86 bits per heavy atom. The van der Waals surface area contributed by atoms with Crippen LogP contribution in [0, 0.1) is 0 Å². The number of aromatic amines is 1. The Kier molecular flexibility index (Phi) is 3.93. The van der Waals surface area contributed by atoms with E-state index in [9.17, 15) is 9.59 Å². The van der Waals surface area contributed by atoms with Crippen molar-refractivity contribution in [2.45, 2.75) is 25.4 Å². The number of rotatable bonds is 3. The van der Waals surface area contributed by atoms with E-state index in [0.29, 0.717) is 11.9 Å². The second-order valence-electron chi connectivity index (χ2n) is 7.08. The Morgan fingerprint density at radius 2 is 1.96 bits per heavy atom. The second kappa shape index (κ2) is 6.60. The van der Waals surface area contributed by atoms with E-state index in [0.717, 1.165) is 35.1 Å². The number of aromatic nitrogens is 4. The molecule has 1 fully saturated rings. The van der Waals surface area contributed by atoms with Crippen molar-refractivity contribution >= 4 is 27.7 Å². The molecule has 7 heteroatoms. The molecule has 1 atom stereocenters. The number of nitrogens with one attached hydrogen (secondary N) is 1. The van der Waals surface area contributed by atoms with Crippen LogP contribution < -0.4 is 5.56 Å². The maximum atomic E-state index is 13.0. The summed E-state index contributed by atoms with van der Waals surface area (Å²) in [5.74, 6) is 0.679. The fourth-order valence-electron chi connectivity index (χ4n) is 3.94. The van der Waals surface area contributed by atoms with Crippen LogP contribution in [-0.4, -0.2) is 37.1 Å². The number of amides is 1. The summed E-state index contributed by atoms with van der Waals surface area (Å²) in [5.41, 5.74) is 1.61. The van der Waals surface area contributed by atoms with Gasteiger partial charge in [0.25, 0.3) is 5.56 Å². The van der Waals surface area contributed by atoms with E-state index >= 15 is 0 Å². The molecule has 0 bridgehead atoms.